The summed E-state index contributed by atoms with van der Waals surface area (Å²) in [7, 11) is 0. The number of aliphatic hydroxyl groups excluding tert-OH is 2. The Kier molecular flexibility index (Phi) is 3.84. The van der Waals surface area contributed by atoms with Crippen LogP contribution in [0.1, 0.15) is 33.6 Å². The second kappa shape index (κ2) is 5.10. The van der Waals surface area contributed by atoms with E-state index in [2.05, 4.69) is 12.3 Å². The summed E-state index contributed by atoms with van der Waals surface area (Å²) in [6.45, 7) is 9.67. The van der Waals surface area contributed by atoms with Gasteiger partial charge < -0.3 is 14.9 Å². The third-order valence-electron chi connectivity index (χ3n) is 3.68. The van der Waals surface area contributed by atoms with Gasteiger partial charge in [-0.25, -0.2) is 0 Å². The molecule has 2 N–H and O–H groups in total. The zero-order valence-corrected chi connectivity index (χ0v) is 11.8. The lowest BCUT2D eigenvalue weighted by Crippen LogP contribution is -2.42. The molecule has 0 bridgehead atoms. The average Bonchev–Trinajstić information content (AvgIpc) is 3.06. The lowest BCUT2D eigenvalue weighted by molar-refractivity contribution is 0.0842. The van der Waals surface area contributed by atoms with E-state index in [9.17, 15) is 10.2 Å². The monoisotopic (exact) mass is 262 g/mol. The molecule has 4 unspecified atom stereocenters. The first kappa shape index (κ1) is 14.3. The van der Waals surface area contributed by atoms with E-state index in [0.29, 0.717) is 18.4 Å². The molecule has 2 fully saturated rings. The van der Waals surface area contributed by atoms with Crippen molar-refractivity contribution in [3.63, 3.8) is 0 Å². The third-order valence-corrected chi connectivity index (χ3v) is 3.68. The predicted molar refractivity (Wildman–Crippen MR) is 74.7 cm³/mol. The maximum atomic E-state index is 10.5. The molecular weight excluding hydrogens is 240 g/mol. The van der Waals surface area contributed by atoms with E-state index < -0.39 is 17.8 Å². The van der Waals surface area contributed by atoms with Crippen LogP contribution in [-0.2, 0) is 4.74 Å². The van der Waals surface area contributed by atoms with E-state index in [0.717, 1.165) is 5.57 Å². The van der Waals surface area contributed by atoms with E-state index in [1.54, 1.807) is 6.08 Å². The number of hydrogen-bond acceptors (Lipinski definition) is 3. The number of rotatable bonds is 3. The van der Waals surface area contributed by atoms with E-state index in [4.69, 9.17) is 4.74 Å². The van der Waals surface area contributed by atoms with Gasteiger partial charge in [0.15, 0.2) is 0 Å². The van der Waals surface area contributed by atoms with Gasteiger partial charge in [0.1, 0.15) is 17.8 Å². The fourth-order valence-corrected chi connectivity index (χ4v) is 2.56. The van der Waals surface area contributed by atoms with Gasteiger partial charge in [0.2, 0.25) is 0 Å². The van der Waals surface area contributed by atoms with Crippen LogP contribution in [0.25, 0.3) is 0 Å². The highest BCUT2D eigenvalue weighted by atomic mass is 16.6. The molecule has 1 saturated heterocycles. The molecule has 104 valence electrons. The van der Waals surface area contributed by atoms with Gasteiger partial charge in [0.05, 0.1) is 6.10 Å². The van der Waals surface area contributed by atoms with E-state index >= 15 is 0 Å². The molecule has 0 aromatic rings. The third kappa shape index (κ3) is 2.75. The Balaban J connectivity index is 2.26. The molecule has 0 radical (unpaired) electrons. The molecule has 1 heterocycles. The van der Waals surface area contributed by atoms with E-state index in [1.165, 1.54) is 5.57 Å². The molecule has 2 rings (SSSR count). The highest BCUT2D eigenvalue weighted by Crippen LogP contribution is 2.52. The zero-order valence-electron chi connectivity index (χ0n) is 11.8. The standard InChI is InChI=1S/C16H22O3/c1-10(2)5-6-12-9-13(17)15-16(19-15,14(12)18)8-7-11(3)4/h5,7,13-15,17-18H,1,8-9H2,2-4H3. The van der Waals surface area contributed by atoms with Crippen molar-refractivity contribution in [1.29, 1.82) is 0 Å². The zero-order chi connectivity index (χ0) is 14.2. The van der Waals surface area contributed by atoms with Crippen molar-refractivity contribution in [2.75, 3.05) is 0 Å². The number of hydrogen-bond donors (Lipinski definition) is 2. The summed E-state index contributed by atoms with van der Waals surface area (Å²) in [5.74, 6) is 0. The Morgan fingerprint density at radius 2 is 2.16 bits per heavy atom. The SMILES string of the molecule is C=C(C)C=C=C1CC(O)C2OC2(CC=C(C)C)C1O. The average molecular weight is 262 g/mol. The van der Waals surface area contributed by atoms with E-state index in [1.807, 2.05) is 26.8 Å². The van der Waals surface area contributed by atoms with Crippen LogP contribution >= 0.6 is 0 Å². The van der Waals surface area contributed by atoms with Gasteiger partial charge in [0, 0.05) is 18.4 Å². The van der Waals surface area contributed by atoms with Crippen molar-refractivity contribution in [3.8, 4) is 0 Å². The van der Waals surface area contributed by atoms with Crippen LogP contribution < -0.4 is 0 Å². The molecule has 3 nitrogen and oxygen atoms in total. The van der Waals surface area contributed by atoms with Crippen molar-refractivity contribution in [3.05, 3.63) is 41.2 Å². The Labute approximate surface area is 114 Å². The lowest BCUT2D eigenvalue weighted by atomic mass is 9.79. The van der Waals surface area contributed by atoms with Crippen LogP contribution in [0, 0.1) is 0 Å². The number of allylic oxidation sites excluding steroid dienone is 2. The first-order chi connectivity index (χ1) is 8.86. The number of aliphatic hydroxyl groups is 2. The van der Waals surface area contributed by atoms with Gasteiger partial charge in [-0.15, -0.1) is 5.73 Å². The summed E-state index contributed by atoms with van der Waals surface area (Å²) >= 11 is 0. The largest absolute Gasteiger partial charge is 0.390 e. The second-order valence-electron chi connectivity index (χ2n) is 5.81. The van der Waals surface area contributed by atoms with Crippen LogP contribution in [0.2, 0.25) is 0 Å². The minimum atomic E-state index is -0.702. The van der Waals surface area contributed by atoms with Crippen molar-refractivity contribution in [2.45, 2.75) is 57.5 Å². The minimum Gasteiger partial charge on any atom is -0.390 e. The van der Waals surface area contributed by atoms with Crippen molar-refractivity contribution < 1.29 is 14.9 Å². The van der Waals surface area contributed by atoms with Gasteiger partial charge in [0.25, 0.3) is 0 Å². The maximum absolute atomic E-state index is 10.5. The van der Waals surface area contributed by atoms with Crippen LogP contribution in [0.3, 0.4) is 0 Å². The summed E-state index contributed by atoms with van der Waals surface area (Å²) in [5, 5.41) is 20.5. The first-order valence-corrected chi connectivity index (χ1v) is 6.65. The molecule has 2 aliphatic rings. The fourth-order valence-electron chi connectivity index (χ4n) is 2.56. The first-order valence-electron chi connectivity index (χ1n) is 6.65. The Hall–Kier alpha value is -1.12. The normalized spacial score (nSPS) is 36.1. The van der Waals surface area contributed by atoms with Crippen LogP contribution in [0.5, 0.6) is 0 Å². The molecule has 4 atom stereocenters. The Morgan fingerprint density at radius 3 is 2.74 bits per heavy atom. The molecule has 0 spiro atoms. The molecule has 0 aromatic carbocycles. The van der Waals surface area contributed by atoms with Gasteiger partial charge in [-0.3, -0.25) is 0 Å². The smallest absolute Gasteiger partial charge is 0.131 e. The van der Waals surface area contributed by atoms with Gasteiger partial charge >= 0.3 is 0 Å². The summed E-state index contributed by atoms with van der Waals surface area (Å²) in [4.78, 5) is 0. The highest BCUT2D eigenvalue weighted by molar-refractivity contribution is 5.31. The summed E-state index contributed by atoms with van der Waals surface area (Å²) in [6, 6.07) is 0. The molecule has 3 heteroatoms. The van der Waals surface area contributed by atoms with Crippen molar-refractivity contribution in [1.82, 2.24) is 0 Å². The second-order valence-corrected chi connectivity index (χ2v) is 5.81. The lowest BCUT2D eigenvalue weighted by Gasteiger charge is -2.27. The fraction of sp³-hybridized carbons (Fsp3) is 0.562. The molecular formula is C16H22O3. The Morgan fingerprint density at radius 1 is 1.47 bits per heavy atom. The van der Waals surface area contributed by atoms with Gasteiger partial charge in [-0.1, -0.05) is 23.8 Å². The van der Waals surface area contributed by atoms with Gasteiger partial charge in [-0.2, -0.15) is 0 Å². The minimum absolute atomic E-state index is 0.256. The van der Waals surface area contributed by atoms with Gasteiger partial charge in [-0.05, 0) is 26.8 Å². The van der Waals surface area contributed by atoms with Crippen molar-refractivity contribution >= 4 is 0 Å². The quantitative estimate of drug-likeness (QED) is 0.355. The van der Waals surface area contributed by atoms with E-state index in [-0.39, 0.29) is 6.10 Å². The summed E-state index contributed by atoms with van der Waals surface area (Å²) in [5.41, 5.74) is 5.15. The number of ether oxygens (including phenoxy) is 1. The predicted octanol–water partition coefficient (Wildman–Crippen LogP) is 2.26. The molecule has 0 aromatic heterocycles. The molecule has 1 aliphatic carbocycles. The van der Waals surface area contributed by atoms with Crippen molar-refractivity contribution in [2.24, 2.45) is 0 Å². The number of epoxide rings is 1. The summed E-state index contributed by atoms with van der Waals surface area (Å²) < 4.78 is 5.64. The van der Waals surface area contributed by atoms with Crippen LogP contribution in [0.15, 0.2) is 41.2 Å². The molecule has 1 aliphatic heterocycles. The molecule has 1 saturated carbocycles. The highest BCUT2D eigenvalue weighted by Gasteiger charge is 2.67. The van der Waals surface area contributed by atoms with Crippen LogP contribution in [-0.4, -0.2) is 34.1 Å². The number of fused-ring (bicyclic) bond motifs is 1. The Bertz CT molecular complexity index is 478. The maximum Gasteiger partial charge on any atom is 0.131 e. The molecule has 19 heavy (non-hydrogen) atoms. The summed E-state index contributed by atoms with van der Waals surface area (Å²) in [6.07, 6.45) is 3.29. The molecule has 0 amide bonds. The van der Waals surface area contributed by atoms with Crippen LogP contribution in [0.4, 0.5) is 0 Å². The topological polar surface area (TPSA) is 53.0 Å².